The Bertz CT molecular complexity index is 684. The van der Waals surface area contributed by atoms with Gasteiger partial charge in [-0.25, -0.2) is 0 Å². The van der Waals surface area contributed by atoms with E-state index in [0.717, 1.165) is 5.56 Å². The van der Waals surface area contributed by atoms with Gasteiger partial charge in [0, 0.05) is 35.5 Å². The molecule has 0 aromatic heterocycles. The molecule has 0 saturated carbocycles. The molecule has 0 aliphatic heterocycles. The fraction of sp³-hybridized carbons (Fsp3) is 0.278. The van der Waals surface area contributed by atoms with E-state index >= 15 is 0 Å². The lowest BCUT2D eigenvalue weighted by atomic mass is 10.2. The summed E-state index contributed by atoms with van der Waals surface area (Å²) in [7, 11) is 5.02. The van der Waals surface area contributed by atoms with Gasteiger partial charge >= 0.3 is 0 Å². The van der Waals surface area contributed by atoms with E-state index in [9.17, 15) is 4.79 Å². The van der Waals surface area contributed by atoms with Gasteiger partial charge in [-0.2, -0.15) is 0 Å². The minimum absolute atomic E-state index is 0.116. The number of likely N-dealkylation sites (N-methyl/N-ethyl adjacent to an activating group) is 1. The van der Waals surface area contributed by atoms with Crippen LogP contribution in [0.5, 0.6) is 11.5 Å². The van der Waals surface area contributed by atoms with Gasteiger partial charge in [0.1, 0.15) is 11.5 Å². The largest absolute Gasteiger partial charge is 0.497 e. The Labute approximate surface area is 147 Å². The molecule has 0 fully saturated rings. The fourth-order valence-electron chi connectivity index (χ4n) is 2.33. The van der Waals surface area contributed by atoms with Crippen LogP contribution in [0.4, 0.5) is 5.69 Å². The summed E-state index contributed by atoms with van der Waals surface area (Å²) in [5.41, 5.74) is 1.69. The van der Waals surface area contributed by atoms with Crippen molar-refractivity contribution in [3.8, 4) is 11.5 Å². The smallest absolute Gasteiger partial charge is 0.238 e. The molecule has 0 aliphatic carbocycles. The van der Waals surface area contributed by atoms with Crippen molar-refractivity contribution in [2.45, 2.75) is 6.54 Å². The highest BCUT2D eigenvalue weighted by molar-refractivity contribution is 6.30. The Morgan fingerprint density at radius 3 is 2.38 bits per heavy atom. The van der Waals surface area contributed by atoms with Gasteiger partial charge in [-0.3, -0.25) is 9.69 Å². The summed E-state index contributed by atoms with van der Waals surface area (Å²) in [5, 5.41) is 3.54. The van der Waals surface area contributed by atoms with Crippen LogP contribution in [0, 0.1) is 0 Å². The number of benzene rings is 2. The first kappa shape index (κ1) is 18.1. The van der Waals surface area contributed by atoms with E-state index in [1.54, 1.807) is 32.4 Å². The third-order valence-corrected chi connectivity index (χ3v) is 3.63. The minimum Gasteiger partial charge on any atom is -0.497 e. The van der Waals surface area contributed by atoms with E-state index in [1.165, 1.54) is 0 Å². The average Bonchev–Trinajstić information content (AvgIpc) is 2.54. The van der Waals surface area contributed by atoms with Gasteiger partial charge in [0.15, 0.2) is 0 Å². The van der Waals surface area contributed by atoms with Gasteiger partial charge in [0.2, 0.25) is 5.91 Å². The Morgan fingerprint density at radius 2 is 1.79 bits per heavy atom. The molecule has 2 aromatic carbocycles. The van der Waals surface area contributed by atoms with Gasteiger partial charge < -0.3 is 14.8 Å². The molecule has 0 spiro atoms. The molecule has 1 amide bonds. The number of hydrogen-bond acceptors (Lipinski definition) is 4. The maximum Gasteiger partial charge on any atom is 0.238 e. The Morgan fingerprint density at radius 1 is 1.12 bits per heavy atom. The summed E-state index contributed by atoms with van der Waals surface area (Å²) in [4.78, 5) is 14.1. The summed E-state index contributed by atoms with van der Waals surface area (Å²) < 4.78 is 10.4. The monoisotopic (exact) mass is 348 g/mol. The van der Waals surface area contributed by atoms with E-state index in [2.05, 4.69) is 5.32 Å². The number of ether oxygens (including phenoxy) is 2. The number of carbonyl (C=O) groups is 1. The van der Waals surface area contributed by atoms with E-state index in [4.69, 9.17) is 21.1 Å². The lowest BCUT2D eigenvalue weighted by molar-refractivity contribution is -0.117. The Balaban J connectivity index is 1.95. The Kier molecular flexibility index (Phi) is 6.46. The van der Waals surface area contributed by atoms with Crippen molar-refractivity contribution in [1.29, 1.82) is 0 Å². The fourth-order valence-corrected chi connectivity index (χ4v) is 2.54. The van der Waals surface area contributed by atoms with Crippen LogP contribution in [0.3, 0.4) is 0 Å². The molecule has 2 rings (SSSR count). The van der Waals surface area contributed by atoms with E-state index < -0.39 is 0 Å². The second-order valence-electron chi connectivity index (χ2n) is 5.45. The van der Waals surface area contributed by atoms with Crippen LogP contribution in [0.2, 0.25) is 5.02 Å². The molecule has 128 valence electrons. The van der Waals surface area contributed by atoms with Crippen LogP contribution >= 0.6 is 11.6 Å². The SMILES string of the molecule is COc1cc(NC(=O)CN(C)Cc2cccc(Cl)c2)cc(OC)c1. The molecule has 5 nitrogen and oxygen atoms in total. The summed E-state index contributed by atoms with van der Waals surface area (Å²) in [5.74, 6) is 1.13. The van der Waals surface area contributed by atoms with Crippen molar-refractivity contribution in [2.24, 2.45) is 0 Å². The first-order valence-electron chi connectivity index (χ1n) is 7.46. The van der Waals surface area contributed by atoms with Gasteiger partial charge in [-0.15, -0.1) is 0 Å². The first-order valence-corrected chi connectivity index (χ1v) is 7.84. The van der Waals surface area contributed by atoms with Gasteiger partial charge in [0.25, 0.3) is 0 Å². The number of nitrogens with zero attached hydrogens (tertiary/aromatic N) is 1. The van der Waals surface area contributed by atoms with Crippen molar-refractivity contribution in [2.75, 3.05) is 33.1 Å². The number of anilines is 1. The Hall–Kier alpha value is -2.24. The lowest BCUT2D eigenvalue weighted by Gasteiger charge is -2.17. The molecular formula is C18H21ClN2O3. The van der Waals surface area contributed by atoms with Crippen molar-refractivity contribution < 1.29 is 14.3 Å². The average molecular weight is 349 g/mol. The van der Waals surface area contributed by atoms with Crippen LogP contribution in [-0.4, -0.2) is 38.6 Å². The van der Waals surface area contributed by atoms with Gasteiger partial charge in [-0.05, 0) is 24.7 Å². The molecule has 0 heterocycles. The molecule has 2 aromatic rings. The lowest BCUT2D eigenvalue weighted by Crippen LogP contribution is -2.29. The standard InChI is InChI=1S/C18H21ClN2O3/c1-21(11-13-5-4-6-14(19)7-13)12-18(22)20-15-8-16(23-2)10-17(9-15)24-3/h4-10H,11-12H2,1-3H3,(H,20,22). The number of carbonyl (C=O) groups excluding carboxylic acids is 1. The molecule has 0 unspecified atom stereocenters. The number of amides is 1. The van der Waals surface area contributed by atoms with Crippen LogP contribution in [0.15, 0.2) is 42.5 Å². The summed E-state index contributed by atoms with van der Waals surface area (Å²) in [6.45, 7) is 0.890. The predicted octanol–water partition coefficient (Wildman–Crippen LogP) is 3.43. The second-order valence-corrected chi connectivity index (χ2v) is 5.89. The predicted molar refractivity (Wildman–Crippen MR) is 96.0 cm³/mol. The van der Waals surface area contributed by atoms with Crippen molar-refractivity contribution in [1.82, 2.24) is 4.90 Å². The third-order valence-electron chi connectivity index (χ3n) is 3.39. The molecule has 0 radical (unpaired) electrons. The molecule has 1 N–H and O–H groups in total. The van der Waals surface area contributed by atoms with E-state index in [1.807, 2.05) is 36.2 Å². The molecule has 0 bridgehead atoms. The maximum atomic E-state index is 12.2. The number of methoxy groups -OCH3 is 2. The number of halogens is 1. The maximum absolute atomic E-state index is 12.2. The van der Waals surface area contributed by atoms with Crippen LogP contribution in [0.1, 0.15) is 5.56 Å². The first-order chi connectivity index (χ1) is 11.5. The molecule has 0 saturated heterocycles. The summed E-state index contributed by atoms with van der Waals surface area (Å²) >= 11 is 5.98. The highest BCUT2D eigenvalue weighted by Crippen LogP contribution is 2.25. The van der Waals surface area contributed by atoms with Crippen molar-refractivity contribution in [3.63, 3.8) is 0 Å². The van der Waals surface area contributed by atoms with Crippen LogP contribution in [-0.2, 0) is 11.3 Å². The zero-order chi connectivity index (χ0) is 17.5. The van der Waals surface area contributed by atoms with E-state index in [0.29, 0.717) is 28.8 Å². The molecular weight excluding hydrogens is 328 g/mol. The number of hydrogen-bond donors (Lipinski definition) is 1. The van der Waals surface area contributed by atoms with E-state index in [-0.39, 0.29) is 12.5 Å². The molecule has 0 aliphatic rings. The van der Waals surface area contributed by atoms with Crippen molar-refractivity contribution in [3.05, 3.63) is 53.1 Å². The topological polar surface area (TPSA) is 50.8 Å². The second kappa shape index (κ2) is 8.57. The quantitative estimate of drug-likeness (QED) is 0.833. The molecule has 6 heteroatoms. The van der Waals surface area contributed by atoms with Crippen molar-refractivity contribution >= 4 is 23.2 Å². The number of rotatable bonds is 7. The summed E-state index contributed by atoms with van der Waals surface area (Å²) in [6, 6.07) is 12.8. The highest BCUT2D eigenvalue weighted by atomic mass is 35.5. The van der Waals surface area contributed by atoms with Crippen LogP contribution in [0.25, 0.3) is 0 Å². The normalized spacial score (nSPS) is 10.5. The molecule has 0 atom stereocenters. The summed E-state index contributed by atoms with van der Waals surface area (Å²) in [6.07, 6.45) is 0. The molecule has 24 heavy (non-hydrogen) atoms. The minimum atomic E-state index is -0.116. The van der Waals surface area contributed by atoms with Gasteiger partial charge in [-0.1, -0.05) is 23.7 Å². The van der Waals surface area contributed by atoms with Crippen LogP contribution < -0.4 is 14.8 Å². The zero-order valence-electron chi connectivity index (χ0n) is 14.0. The zero-order valence-corrected chi connectivity index (χ0v) is 14.8. The third kappa shape index (κ3) is 5.44. The number of nitrogens with one attached hydrogen (secondary N) is 1. The van der Waals surface area contributed by atoms with Gasteiger partial charge in [0.05, 0.1) is 20.8 Å². The highest BCUT2D eigenvalue weighted by Gasteiger charge is 2.10.